The zero-order valence-electron chi connectivity index (χ0n) is 15.8. The summed E-state index contributed by atoms with van der Waals surface area (Å²) in [6.07, 6.45) is 3.49. The Morgan fingerprint density at radius 3 is 2.78 bits per heavy atom. The van der Waals surface area contributed by atoms with E-state index < -0.39 is 0 Å². The van der Waals surface area contributed by atoms with E-state index in [-0.39, 0.29) is 12.0 Å². The van der Waals surface area contributed by atoms with Crippen molar-refractivity contribution in [2.45, 2.75) is 31.4 Å². The minimum absolute atomic E-state index is 0.0982. The Balaban J connectivity index is 1.37. The predicted molar refractivity (Wildman–Crippen MR) is 107 cm³/mol. The molecule has 4 aliphatic heterocycles. The zero-order valence-corrected chi connectivity index (χ0v) is 16.6. The average molecular weight is 387 g/mol. The van der Waals surface area contributed by atoms with Crippen LogP contribution in [0, 0.1) is 0 Å². The maximum Gasteiger partial charge on any atom is 0.274 e. The molecule has 1 aromatic carbocycles. The van der Waals surface area contributed by atoms with Gasteiger partial charge in [-0.15, -0.1) is 0 Å². The number of hydrogen-bond donors (Lipinski definition) is 0. The van der Waals surface area contributed by atoms with E-state index in [9.17, 15) is 4.79 Å². The summed E-state index contributed by atoms with van der Waals surface area (Å²) in [6, 6.07) is 6.42. The molecule has 4 aliphatic rings. The molecule has 4 saturated heterocycles. The molecule has 1 amide bonds. The summed E-state index contributed by atoms with van der Waals surface area (Å²) in [5.74, 6) is 0.979. The highest BCUT2D eigenvalue weighted by Gasteiger charge is 2.33. The van der Waals surface area contributed by atoms with Crippen LogP contribution in [0.25, 0.3) is 10.1 Å². The predicted octanol–water partition coefficient (Wildman–Crippen LogP) is 2.30. The highest BCUT2D eigenvalue weighted by atomic mass is 32.1. The first-order valence-corrected chi connectivity index (χ1v) is 10.7. The fourth-order valence-corrected chi connectivity index (χ4v) is 5.42. The second-order valence-electron chi connectivity index (χ2n) is 8.05. The molecule has 0 saturated carbocycles. The molecule has 1 atom stereocenters. The number of aromatic nitrogens is 1. The van der Waals surface area contributed by atoms with Crippen molar-refractivity contribution in [3.63, 3.8) is 0 Å². The lowest BCUT2D eigenvalue weighted by Gasteiger charge is -2.31. The molecule has 0 radical (unpaired) electrons. The Bertz CT molecular complexity index is 846. The van der Waals surface area contributed by atoms with E-state index in [0.717, 1.165) is 74.4 Å². The molecule has 4 fully saturated rings. The highest BCUT2D eigenvalue weighted by Crippen LogP contribution is 2.31. The van der Waals surface area contributed by atoms with Gasteiger partial charge in [0, 0.05) is 50.7 Å². The second kappa shape index (κ2) is 7.04. The third kappa shape index (κ3) is 3.32. The van der Waals surface area contributed by atoms with Gasteiger partial charge >= 0.3 is 0 Å². The van der Waals surface area contributed by atoms with Crippen LogP contribution in [-0.4, -0.2) is 83.4 Å². The van der Waals surface area contributed by atoms with E-state index in [1.807, 2.05) is 18.2 Å². The molecule has 1 aromatic heterocycles. The molecule has 6 nitrogen and oxygen atoms in total. The van der Waals surface area contributed by atoms with Gasteiger partial charge in [-0.3, -0.25) is 4.79 Å². The minimum atomic E-state index is 0.0982. The number of likely N-dealkylation sites (N-methyl/N-ethyl adjacent to an activating group) is 1. The van der Waals surface area contributed by atoms with Gasteiger partial charge < -0.3 is 19.4 Å². The van der Waals surface area contributed by atoms with Crippen LogP contribution in [-0.2, 0) is 0 Å². The summed E-state index contributed by atoms with van der Waals surface area (Å²) >= 11 is 1.41. The smallest absolute Gasteiger partial charge is 0.274 e. The Kier molecular flexibility index (Phi) is 4.53. The molecule has 2 bridgehead atoms. The maximum atomic E-state index is 13.2. The van der Waals surface area contributed by atoms with Gasteiger partial charge in [0.25, 0.3) is 5.91 Å². The first kappa shape index (κ1) is 17.4. The number of carbonyl (C=O) groups is 1. The first-order chi connectivity index (χ1) is 13.2. The van der Waals surface area contributed by atoms with Crippen LogP contribution in [0.4, 0.5) is 0 Å². The summed E-state index contributed by atoms with van der Waals surface area (Å²) < 4.78 is 11.7. The number of likely N-dealkylation sites (tertiary alicyclic amines) is 1. The van der Waals surface area contributed by atoms with Crippen molar-refractivity contribution in [3.8, 4) is 5.75 Å². The van der Waals surface area contributed by atoms with E-state index in [1.54, 1.807) is 0 Å². The normalized spacial score (nSPS) is 28.6. The van der Waals surface area contributed by atoms with Gasteiger partial charge in [-0.05, 0) is 56.0 Å². The zero-order chi connectivity index (χ0) is 18.4. The van der Waals surface area contributed by atoms with Gasteiger partial charge in [-0.1, -0.05) is 0 Å². The Morgan fingerprint density at radius 2 is 2.00 bits per heavy atom. The van der Waals surface area contributed by atoms with Crippen LogP contribution in [0.1, 0.15) is 29.8 Å². The third-order valence-electron chi connectivity index (χ3n) is 6.21. The highest BCUT2D eigenvalue weighted by molar-refractivity contribution is 7.13. The number of hydrogen-bond acceptors (Lipinski definition) is 6. The maximum absolute atomic E-state index is 13.2. The van der Waals surface area contributed by atoms with Crippen molar-refractivity contribution in [3.05, 3.63) is 23.9 Å². The van der Waals surface area contributed by atoms with Crippen molar-refractivity contribution in [1.82, 2.24) is 19.1 Å². The molecule has 2 aromatic rings. The van der Waals surface area contributed by atoms with Gasteiger partial charge in [-0.25, -0.2) is 0 Å². The minimum Gasteiger partial charge on any atom is -0.489 e. The number of ether oxygens (including phenoxy) is 1. The van der Waals surface area contributed by atoms with Crippen molar-refractivity contribution < 1.29 is 9.53 Å². The van der Waals surface area contributed by atoms with E-state index in [0.29, 0.717) is 11.7 Å². The Hall–Kier alpha value is -1.70. The number of nitrogens with zero attached hydrogens (tertiary/aromatic N) is 4. The number of fused-ring (bicyclic) bond motifs is 5. The lowest BCUT2D eigenvalue weighted by Crippen LogP contribution is -2.41. The van der Waals surface area contributed by atoms with Crippen molar-refractivity contribution in [2.75, 3.05) is 46.3 Å². The second-order valence-corrected chi connectivity index (χ2v) is 8.86. The standard InChI is InChI=1S/C20H26N4O2S/c1-22-7-6-16(13-22)26-15-2-3-17-18(12-15)27-21-19(17)20(25)24-11-10-23-8-4-14(24)5-9-23/h2-3,12,14,16H,4-11,13H2,1H3. The average Bonchev–Trinajstić information content (AvgIpc) is 3.15. The molecule has 144 valence electrons. The van der Waals surface area contributed by atoms with Crippen molar-refractivity contribution in [2.24, 2.45) is 0 Å². The van der Waals surface area contributed by atoms with Crippen LogP contribution in [0.3, 0.4) is 0 Å². The Morgan fingerprint density at radius 1 is 1.15 bits per heavy atom. The van der Waals surface area contributed by atoms with Crippen molar-refractivity contribution >= 4 is 27.5 Å². The van der Waals surface area contributed by atoms with Gasteiger partial charge in [0.05, 0.1) is 4.70 Å². The first-order valence-electron chi connectivity index (χ1n) is 9.95. The van der Waals surface area contributed by atoms with E-state index >= 15 is 0 Å². The lowest BCUT2D eigenvalue weighted by molar-refractivity contribution is 0.0682. The summed E-state index contributed by atoms with van der Waals surface area (Å²) in [7, 11) is 2.13. The fraction of sp³-hybridized carbons (Fsp3) is 0.600. The van der Waals surface area contributed by atoms with Crippen molar-refractivity contribution in [1.29, 1.82) is 0 Å². The van der Waals surface area contributed by atoms with Gasteiger partial charge in [0.1, 0.15) is 17.5 Å². The molecule has 5 heterocycles. The van der Waals surface area contributed by atoms with Crippen LogP contribution >= 0.6 is 11.5 Å². The Labute approximate surface area is 163 Å². The number of carbonyl (C=O) groups excluding carboxylic acids is 1. The van der Waals surface area contributed by atoms with Crippen LogP contribution in [0.5, 0.6) is 5.75 Å². The van der Waals surface area contributed by atoms with E-state index in [4.69, 9.17) is 4.74 Å². The van der Waals surface area contributed by atoms with Crippen LogP contribution in [0.2, 0.25) is 0 Å². The van der Waals surface area contributed by atoms with Gasteiger partial charge in [-0.2, -0.15) is 4.37 Å². The lowest BCUT2D eigenvalue weighted by atomic mass is 10.0. The molecular weight excluding hydrogens is 360 g/mol. The molecule has 1 unspecified atom stereocenters. The number of rotatable bonds is 3. The molecule has 7 heteroatoms. The van der Waals surface area contributed by atoms with E-state index in [2.05, 4.69) is 26.1 Å². The van der Waals surface area contributed by atoms with E-state index in [1.165, 1.54) is 11.5 Å². The molecule has 0 spiro atoms. The van der Waals surface area contributed by atoms with Crippen LogP contribution < -0.4 is 4.74 Å². The SMILES string of the molecule is CN1CCC(Oc2ccc3c(C(=O)N4CCN5CCC4CC5)nsc3c2)C1. The molecule has 27 heavy (non-hydrogen) atoms. The largest absolute Gasteiger partial charge is 0.489 e. The molecular formula is C20H26N4O2S. The number of benzene rings is 1. The third-order valence-corrected chi connectivity index (χ3v) is 7.02. The summed E-state index contributed by atoms with van der Waals surface area (Å²) in [5, 5.41) is 0.958. The summed E-state index contributed by atoms with van der Waals surface area (Å²) in [6.45, 7) is 6.09. The summed E-state index contributed by atoms with van der Waals surface area (Å²) in [4.78, 5) is 20.1. The molecule has 6 rings (SSSR count). The number of amides is 1. The molecule has 0 N–H and O–H groups in total. The topological polar surface area (TPSA) is 48.9 Å². The quantitative estimate of drug-likeness (QED) is 0.810. The van der Waals surface area contributed by atoms with Gasteiger partial charge in [0.15, 0.2) is 0 Å². The summed E-state index contributed by atoms with van der Waals surface area (Å²) in [5.41, 5.74) is 0.613. The number of piperidine rings is 1. The van der Waals surface area contributed by atoms with Crippen LogP contribution in [0.15, 0.2) is 18.2 Å². The van der Waals surface area contributed by atoms with Gasteiger partial charge in [0.2, 0.25) is 0 Å². The fourth-order valence-electron chi connectivity index (χ4n) is 4.62. The monoisotopic (exact) mass is 386 g/mol. The molecule has 0 aliphatic carbocycles.